The maximum Gasteiger partial charge on any atom is 0.189 e. The van der Waals surface area contributed by atoms with Crippen molar-refractivity contribution >= 4 is 26.8 Å². The molecule has 0 amide bonds. The van der Waals surface area contributed by atoms with Crippen molar-refractivity contribution in [2.24, 2.45) is 5.92 Å². The molecule has 2 nitrogen and oxygen atoms in total. The van der Waals surface area contributed by atoms with Gasteiger partial charge in [0.25, 0.3) is 0 Å². The lowest BCUT2D eigenvalue weighted by Crippen LogP contribution is -2.08. The highest BCUT2D eigenvalue weighted by Gasteiger charge is 2.08. The number of benzene rings is 1. The Morgan fingerprint density at radius 2 is 2.06 bits per heavy atom. The zero-order chi connectivity index (χ0) is 12.6. The SMILES string of the molecule is Cc1ccc(Br)c2[nH]c(CC(C)C)cc(=O)c12. The summed E-state index contributed by atoms with van der Waals surface area (Å²) in [5.41, 5.74) is 3.03. The first-order valence-corrected chi connectivity index (χ1v) is 6.59. The van der Waals surface area contributed by atoms with Crippen LogP contribution in [0.3, 0.4) is 0 Å². The minimum absolute atomic E-state index is 0.105. The number of nitrogens with one attached hydrogen (secondary N) is 1. The van der Waals surface area contributed by atoms with Crippen LogP contribution in [0.25, 0.3) is 10.9 Å². The van der Waals surface area contributed by atoms with Gasteiger partial charge in [-0.2, -0.15) is 0 Å². The number of hydrogen-bond acceptors (Lipinski definition) is 1. The molecule has 1 heterocycles. The van der Waals surface area contributed by atoms with E-state index in [1.165, 1.54) is 0 Å². The molecule has 0 aliphatic rings. The highest BCUT2D eigenvalue weighted by molar-refractivity contribution is 9.10. The Hall–Kier alpha value is -1.09. The van der Waals surface area contributed by atoms with Crippen LogP contribution in [0.4, 0.5) is 0 Å². The number of halogens is 1. The maximum absolute atomic E-state index is 12.1. The number of hydrogen-bond donors (Lipinski definition) is 1. The lowest BCUT2D eigenvalue weighted by atomic mass is 10.0. The summed E-state index contributed by atoms with van der Waals surface area (Å²) >= 11 is 3.50. The molecule has 0 unspecified atom stereocenters. The van der Waals surface area contributed by atoms with E-state index in [0.717, 1.165) is 33.1 Å². The Kier molecular flexibility index (Phi) is 3.38. The lowest BCUT2D eigenvalue weighted by molar-refractivity contribution is 0.636. The summed E-state index contributed by atoms with van der Waals surface area (Å²) in [6, 6.07) is 5.66. The van der Waals surface area contributed by atoms with Crippen LogP contribution >= 0.6 is 15.9 Å². The van der Waals surface area contributed by atoms with Gasteiger partial charge < -0.3 is 4.98 Å². The van der Waals surface area contributed by atoms with Gasteiger partial charge in [-0.15, -0.1) is 0 Å². The van der Waals surface area contributed by atoms with Crippen molar-refractivity contribution in [1.82, 2.24) is 4.98 Å². The van der Waals surface area contributed by atoms with Gasteiger partial charge in [0.15, 0.2) is 5.43 Å². The molecule has 0 fully saturated rings. The van der Waals surface area contributed by atoms with Gasteiger partial charge in [0.2, 0.25) is 0 Å². The number of rotatable bonds is 2. The fourth-order valence-corrected chi connectivity index (χ4v) is 2.53. The summed E-state index contributed by atoms with van der Waals surface area (Å²) < 4.78 is 0.945. The topological polar surface area (TPSA) is 32.9 Å². The van der Waals surface area contributed by atoms with Gasteiger partial charge in [0.05, 0.1) is 5.52 Å². The molecule has 0 bridgehead atoms. The second-order valence-corrected chi connectivity index (χ2v) is 5.73. The predicted octanol–water partition coefficient (Wildman–Crippen LogP) is 3.80. The number of fused-ring (bicyclic) bond motifs is 1. The number of aryl methyl sites for hydroxylation is 1. The predicted molar refractivity (Wildman–Crippen MR) is 75.5 cm³/mol. The van der Waals surface area contributed by atoms with Crippen molar-refractivity contribution in [3.05, 3.63) is 44.2 Å². The molecule has 90 valence electrons. The molecule has 2 aromatic rings. The third kappa shape index (κ3) is 2.44. The monoisotopic (exact) mass is 293 g/mol. The van der Waals surface area contributed by atoms with Crippen LogP contribution < -0.4 is 5.43 Å². The van der Waals surface area contributed by atoms with E-state index >= 15 is 0 Å². The van der Waals surface area contributed by atoms with Crippen LogP contribution in [0.1, 0.15) is 25.1 Å². The van der Waals surface area contributed by atoms with E-state index in [1.54, 1.807) is 6.07 Å². The Bertz CT molecular complexity index is 613. The molecule has 3 heteroatoms. The largest absolute Gasteiger partial charge is 0.357 e. The van der Waals surface area contributed by atoms with Crippen molar-refractivity contribution in [2.45, 2.75) is 27.2 Å². The quantitative estimate of drug-likeness (QED) is 0.898. The molecule has 1 aromatic carbocycles. The zero-order valence-electron chi connectivity index (χ0n) is 10.3. The van der Waals surface area contributed by atoms with Crippen molar-refractivity contribution in [2.75, 3.05) is 0 Å². The number of H-pyrrole nitrogens is 1. The van der Waals surface area contributed by atoms with Gasteiger partial charge in [-0.25, -0.2) is 0 Å². The summed E-state index contributed by atoms with van der Waals surface area (Å²) in [6.07, 6.45) is 0.894. The lowest BCUT2D eigenvalue weighted by Gasteiger charge is -2.09. The minimum atomic E-state index is 0.105. The highest BCUT2D eigenvalue weighted by Crippen LogP contribution is 2.23. The Labute approximate surface area is 109 Å². The minimum Gasteiger partial charge on any atom is -0.357 e. The molecular formula is C14H16BrNO. The number of pyridine rings is 1. The average molecular weight is 294 g/mol. The van der Waals surface area contributed by atoms with E-state index in [2.05, 4.69) is 34.8 Å². The first-order chi connectivity index (χ1) is 7.99. The second kappa shape index (κ2) is 4.65. The summed E-state index contributed by atoms with van der Waals surface area (Å²) in [4.78, 5) is 15.5. The summed E-state index contributed by atoms with van der Waals surface area (Å²) in [6.45, 7) is 6.26. The Morgan fingerprint density at radius 1 is 1.35 bits per heavy atom. The van der Waals surface area contributed by atoms with Crippen molar-refractivity contribution in [3.63, 3.8) is 0 Å². The van der Waals surface area contributed by atoms with Gasteiger partial charge in [-0.05, 0) is 46.8 Å². The Morgan fingerprint density at radius 3 is 2.71 bits per heavy atom. The van der Waals surface area contributed by atoms with Crippen molar-refractivity contribution in [3.8, 4) is 0 Å². The van der Waals surface area contributed by atoms with Crippen LogP contribution in [0, 0.1) is 12.8 Å². The molecule has 1 aromatic heterocycles. The van der Waals surface area contributed by atoms with E-state index in [4.69, 9.17) is 0 Å². The summed E-state index contributed by atoms with van der Waals surface area (Å²) in [5, 5.41) is 0.784. The average Bonchev–Trinajstić information content (AvgIpc) is 2.22. The first-order valence-electron chi connectivity index (χ1n) is 5.80. The van der Waals surface area contributed by atoms with E-state index in [1.807, 2.05) is 19.1 Å². The number of aromatic nitrogens is 1. The highest BCUT2D eigenvalue weighted by atomic mass is 79.9. The first kappa shape index (κ1) is 12.4. The second-order valence-electron chi connectivity index (χ2n) is 4.87. The molecule has 0 aliphatic heterocycles. The molecule has 17 heavy (non-hydrogen) atoms. The van der Waals surface area contributed by atoms with Crippen LogP contribution in [-0.4, -0.2) is 4.98 Å². The maximum atomic E-state index is 12.1. The third-order valence-electron chi connectivity index (χ3n) is 2.83. The van der Waals surface area contributed by atoms with E-state index in [-0.39, 0.29) is 5.43 Å². The molecule has 0 radical (unpaired) electrons. The summed E-state index contributed by atoms with van der Waals surface area (Å²) in [7, 11) is 0. The molecule has 2 rings (SSSR count). The van der Waals surface area contributed by atoms with Crippen LogP contribution in [0.2, 0.25) is 0 Å². The fraction of sp³-hybridized carbons (Fsp3) is 0.357. The molecule has 1 N–H and O–H groups in total. The normalized spacial score (nSPS) is 11.4. The zero-order valence-corrected chi connectivity index (χ0v) is 11.9. The molecule has 0 atom stereocenters. The van der Waals surface area contributed by atoms with Gasteiger partial charge in [-0.1, -0.05) is 19.9 Å². The molecule has 0 saturated carbocycles. The third-order valence-corrected chi connectivity index (χ3v) is 3.49. The van der Waals surface area contributed by atoms with E-state index < -0.39 is 0 Å². The Balaban J connectivity index is 2.73. The number of aromatic amines is 1. The smallest absolute Gasteiger partial charge is 0.189 e. The summed E-state index contributed by atoms with van der Waals surface area (Å²) in [5.74, 6) is 0.534. The van der Waals surface area contributed by atoms with Gasteiger partial charge in [-0.3, -0.25) is 4.79 Å². The van der Waals surface area contributed by atoms with Gasteiger partial charge in [0.1, 0.15) is 0 Å². The van der Waals surface area contributed by atoms with Crippen LogP contribution in [-0.2, 0) is 6.42 Å². The van der Waals surface area contributed by atoms with E-state index in [0.29, 0.717) is 5.92 Å². The molecule has 0 saturated heterocycles. The van der Waals surface area contributed by atoms with Gasteiger partial charge >= 0.3 is 0 Å². The van der Waals surface area contributed by atoms with Gasteiger partial charge in [0, 0.05) is 21.6 Å². The molecular weight excluding hydrogens is 278 g/mol. The van der Waals surface area contributed by atoms with Crippen LogP contribution in [0.15, 0.2) is 27.5 Å². The van der Waals surface area contributed by atoms with Crippen molar-refractivity contribution in [1.29, 1.82) is 0 Å². The van der Waals surface area contributed by atoms with E-state index in [9.17, 15) is 4.79 Å². The standard InChI is InChI=1S/C14H16BrNO/c1-8(2)6-10-7-12(17)13-9(3)4-5-11(15)14(13)16-10/h4-5,7-8H,6H2,1-3H3,(H,16,17). The molecule has 0 aliphatic carbocycles. The fourth-order valence-electron chi connectivity index (χ4n) is 2.10. The van der Waals surface area contributed by atoms with Crippen LogP contribution in [0.5, 0.6) is 0 Å². The molecule has 0 spiro atoms. The van der Waals surface area contributed by atoms with Crippen molar-refractivity contribution < 1.29 is 0 Å².